The topological polar surface area (TPSA) is 52.9 Å². The second kappa shape index (κ2) is 9.21. The molecule has 1 saturated carbocycles. The smallest absolute Gasteiger partial charge is 0.305 e. The van der Waals surface area contributed by atoms with Crippen LogP contribution < -0.4 is 0 Å². The summed E-state index contributed by atoms with van der Waals surface area (Å²) in [6.45, 7) is 10.5. The van der Waals surface area contributed by atoms with Gasteiger partial charge in [0.05, 0.1) is 19.0 Å². The second-order valence-corrected chi connectivity index (χ2v) is 11.7. The van der Waals surface area contributed by atoms with E-state index in [0.29, 0.717) is 23.9 Å². The number of thioether (sulfide) groups is 1. The lowest BCUT2D eigenvalue weighted by molar-refractivity contribution is -0.137. The van der Waals surface area contributed by atoms with E-state index in [2.05, 4.69) is 44.7 Å². The molecule has 28 heavy (non-hydrogen) atoms. The van der Waals surface area contributed by atoms with Gasteiger partial charge in [0.25, 0.3) is 0 Å². The number of thiophene rings is 1. The SMILES string of the molecule is Cc1ccc(CN(CCC(=O)O)C2=NC(C3CCC(C(C)(C)C)CC3)CS2)s1. The lowest BCUT2D eigenvalue weighted by atomic mass is 9.69. The van der Waals surface area contributed by atoms with E-state index in [9.17, 15) is 4.79 Å². The quantitative estimate of drug-likeness (QED) is 0.643. The molecule has 156 valence electrons. The van der Waals surface area contributed by atoms with Crippen molar-refractivity contribution in [2.45, 2.75) is 72.4 Å². The molecule has 1 unspecified atom stereocenters. The first-order chi connectivity index (χ1) is 13.2. The van der Waals surface area contributed by atoms with Gasteiger partial charge in [-0.05, 0) is 62.0 Å². The van der Waals surface area contributed by atoms with Crippen LogP contribution >= 0.6 is 23.1 Å². The highest BCUT2D eigenvalue weighted by Crippen LogP contribution is 2.42. The standard InChI is InChI=1S/C22H34N2O2S2/c1-15-5-10-18(28-15)13-24(12-11-20(25)26)21-23-19(14-27-21)16-6-8-17(9-7-16)22(2,3)4/h5,10,16-17,19H,6-9,11-14H2,1-4H3,(H,25,26). The zero-order valence-corrected chi connectivity index (χ0v) is 19.2. The average molecular weight is 423 g/mol. The summed E-state index contributed by atoms with van der Waals surface area (Å²) in [5.41, 5.74) is 0.413. The Morgan fingerprint density at radius 2 is 1.96 bits per heavy atom. The highest BCUT2D eigenvalue weighted by Gasteiger charge is 2.35. The Hall–Kier alpha value is -1.01. The Kier molecular flexibility index (Phi) is 7.13. The molecule has 0 radical (unpaired) electrons. The minimum atomic E-state index is -0.743. The number of aliphatic carboxylic acids is 1. The monoisotopic (exact) mass is 422 g/mol. The molecular weight excluding hydrogens is 388 g/mol. The van der Waals surface area contributed by atoms with Crippen LogP contribution in [0, 0.1) is 24.2 Å². The van der Waals surface area contributed by atoms with Crippen LogP contribution in [0.2, 0.25) is 0 Å². The average Bonchev–Trinajstić information content (AvgIpc) is 3.27. The van der Waals surface area contributed by atoms with Crippen molar-refractivity contribution < 1.29 is 9.90 Å². The first-order valence-electron chi connectivity index (χ1n) is 10.4. The van der Waals surface area contributed by atoms with Gasteiger partial charge in [-0.1, -0.05) is 32.5 Å². The maximum atomic E-state index is 11.1. The van der Waals surface area contributed by atoms with Gasteiger partial charge in [-0.15, -0.1) is 11.3 Å². The van der Waals surface area contributed by atoms with Crippen LogP contribution in [0.15, 0.2) is 17.1 Å². The van der Waals surface area contributed by atoms with Crippen LogP contribution in [0.4, 0.5) is 0 Å². The Morgan fingerprint density at radius 3 is 2.54 bits per heavy atom. The lowest BCUT2D eigenvalue weighted by Gasteiger charge is -2.38. The van der Waals surface area contributed by atoms with Gasteiger partial charge < -0.3 is 10.0 Å². The van der Waals surface area contributed by atoms with Gasteiger partial charge in [0.15, 0.2) is 5.17 Å². The third-order valence-corrected chi connectivity index (χ3v) is 8.32. The summed E-state index contributed by atoms with van der Waals surface area (Å²) in [6, 6.07) is 4.69. The highest BCUT2D eigenvalue weighted by molar-refractivity contribution is 8.14. The van der Waals surface area contributed by atoms with Gasteiger partial charge in [-0.2, -0.15) is 0 Å². The number of aryl methyl sites for hydroxylation is 1. The van der Waals surface area contributed by atoms with Crippen molar-refractivity contribution in [3.63, 3.8) is 0 Å². The number of carbonyl (C=O) groups is 1. The summed E-state index contributed by atoms with van der Waals surface area (Å²) in [4.78, 5) is 21.0. The summed E-state index contributed by atoms with van der Waals surface area (Å²) >= 11 is 3.61. The van der Waals surface area contributed by atoms with E-state index in [4.69, 9.17) is 10.1 Å². The Bertz CT molecular complexity index is 700. The van der Waals surface area contributed by atoms with Crippen molar-refractivity contribution >= 4 is 34.2 Å². The zero-order chi connectivity index (χ0) is 20.3. The molecule has 1 atom stereocenters. The van der Waals surface area contributed by atoms with E-state index >= 15 is 0 Å². The number of rotatable bonds is 6. The van der Waals surface area contributed by atoms with E-state index in [1.807, 2.05) is 11.8 Å². The molecule has 1 N–H and O–H groups in total. The van der Waals surface area contributed by atoms with E-state index in [1.165, 1.54) is 35.4 Å². The number of carboxylic acid groups (broad SMARTS) is 1. The van der Waals surface area contributed by atoms with E-state index in [1.54, 1.807) is 11.3 Å². The summed E-state index contributed by atoms with van der Waals surface area (Å²) in [7, 11) is 0. The first kappa shape index (κ1) is 21.7. The zero-order valence-electron chi connectivity index (χ0n) is 17.6. The molecule has 0 bridgehead atoms. The predicted octanol–water partition coefficient (Wildman–Crippen LogP) is 5.66. The fraction of sp³-hybridized carbons (Fsp3) is 0.727. The summed E-state index contributed by atoms with van der Waals surface area (Å²) in [5, 5.41) is 10.2. The molecule has 2 heterocycles. The van der Waals surface area contributed by atoms with E-state index in [-0.39, 0.29) is 6.42 Å². The molecule has 2 aliphatic rings. The molecule has 6 heteroatoms. The molecule has 0 aromatic carbocycles. The van der Waals surface area contributed by atoms with E-state index in [0.717, 1.165) is 23.4 Å². The number of hydrogen-bond acceptors (Lipinski definition) is 5. The van der Waals surface area contributed by atoms with Crippen LogP contribution in [0.25, 0.3) is 0 Å². The third-order valence-electron chi connectivity index (χ3n) is 6.21. The largest absolute Gasteiger partial charge is 0.481 e. The molecule has 0 saturated heterocycles. The lowest BCUT2D eigenvalue weighted by Crippen LogP contribution is -2.31. The van der Waals surface area contributed by atoms with Crippen molar-refractivity contribution in [2.24, 2.45) is 22.2 Å². The third kappa shape index (κ3) is 5.76. The molecule has 1 aromatic rings. The number of hydrogen-bond donors (Lipinski definition) is 1. The van der Waals surface area contributed by atoms with Crippen molar-refractivity contribution in [3.8, 4) is 0 Å². The Labute approximate surface area is 177 Å². The normalized spacial score (nSPS) is 25.6. The van der Waals surface area contributed by atoms with Gasteiger partial charge in [-0.3, -0.25) is 9.79 Å². The van der Waals surface area contributed by atoms with Crippen LogP contribution in [-0.4, -0.2) is 39.5 Å². The van der Waals surface area contributed by atoms with Crippen molar-refractivity contribution in [1.82, 2.24) is 4.90 Å². The number of nitrogens with zero attached hydrogens (tertiary/aromatic N) is 2. The Balaban J connectivity index is 1.63. The summed E-state index contributed by atoms with van der Waals surface area (Å²) in [5.74, 6) is 1.82. The number of amidine groups is 1. The molecule has 0 amide bonds. The molecule has 0 spiro atoms. The van der Waals surface area contributed by atoms with Gasteiger partial charge in [0.1, 0.15) is 0 Å². The second-order valence-electron chi connectivity index (χ2n) is 9.35. The molecule has 1 fully saturated rings. The van der Waals surface area contributed by atoms with Gasteiger partial charge in [0, 0.05) is 22.1 Å². The molecular formula is C22H34N2O2S2. The van der Waals surface area contributed by atoms with Crippen LogP contribution in [0.3, 0.4) is 0 Å². The Morgan fingerprint density at radius 1 is 1.25 bits per heavy atom. The first-order valence-corrected chi connectivity index (χ1v) is 12.2. The number of carboxylic acids is 1. The molecule has 1 aromatic heterocycles. The van der Waals surface area contributed by atoms with Crippen molar-refractivity contribution in [3.05, 3.63) is 21.9 Å². The summed E-state index contributed by atoms with van der Waals surface area (Å²) in [6.07, 6.45) is 5.35. The van der Waals surface area contributed by atoms with Gasteiger partial charge in [-0.25, -0.2) is 0 Å². The van der Waals surface area contributed by atoms with Gasteiger partial charge >= 0.3 is 5.97 Å². The molecule has 1 aliphatic heterocycles. The maximum Gasteiger partial charge on any atom is 0.305 e. The maximum absolute atomic E-state index is 11.1. The fourth-order valence-corrected chi connectivity index (χ4v) is 6.51. The minimum Gasteiger partial charge on any atom is -0.481 e. The molecule has 3 rings (SSSR count). The number of aliphatic imine (C=N–C) groups is 1. The van der Waals surface area contributed by atoms with Crippen LogP contribution in [0.1, 0.15) is 62.6 Å². The minimum absolute atomic E-state index is 0.158. The van der Waals surface area contributed by atoms with Crippen molar-refractivity contribution in [2.75, 3.05) is 12.3 Å². The molecule has 4 nitrogen and oxygen atoms in total. The van der Waals surface area contributed by atoms with Crippen LogP contribution in [0.5, 0.6) is 0 Å². The summed E-state index contributed by atoms with van der Waals surface area (Å²) < 4.78 is 0. The molecule has 1 aliphatic carbocycles. The fourth-order valence-electron chi connectivity index (χ4n) is 4.39. The van der Waals surface area contributed by atoms with E-state index < -0.39 is 5.97 Å². The van der Waals surface area contributed by atoms with Crippen molar-refractivity contribution in [1.29, 1.82) is 0 Å². The van der Waals surface area contributed by atoms with Gasteiger partial charge in [0.2, 0.25) is 0 Å². The van der Waals surface area contributed by atoms with Crippen LogP contribution in [-0.2, 0) is 11.3 Å². The highest BCUT2D eigenvalue weighted by atomic mass is 32.2. The predicted molar refractivity (Wildman–Crippen MR) is 120 cm³/mol.